The average molecular weight is 320 g/mol. The Morgan fingerprint density at radius 2 is 1.95 bits per heavy atom. The van der Waals surface area contributed by atoms with Crippen molar-refractivity contribution in [3.05, 3.63) is 64.7 Å². The van der Waals surface area contributed by atoms with Crippen molar-refractivity contribution in [1.82, 2.24) is 5.32 Å². The zero-order valence-electron chi connectivity index (χ0n) is 12.6. The second-order valence-electron chi connectivity index (χ2n) is 5.16. The van der Waals surface area contributed by atoms with Crippen LogP contribution in [-0.4, -0.2) is 12.3 Å². The topological polar surface area (TPSA) is 12.0 Å². The number of nitrogens with one attached hydrogen (secondary N) is 1. The Hall–Kier alpha value is -0.960. The summed E-state index contributed by atoms with van der Waals surface area (Å²) in [7, 11) is 0. The lowest BCUT2D eigenvalue weighted by molar-refractivity contribution is 0.577. The number of hydrogen-bond donors (Lipinski definition) is 1. The number of hydrogen-bond acceptors (Lipinski definition) is 2. The summed E-state index contributed by atoms with van der Waals surface area (Å²) in [6, 6.07) is 17.1. The van der Waals surface area contributed by atoms with Gasteiger partial charge in [-0.25, -0.2) is 0 Å². The van der Waals surface area contributed by atoms with E-state index in [1.165, 1.54) is 11.1 Å². The molecule has 0 saturated heterocycles. The molecular formula is C18H22ClNS. The van der Waals surface area contributed by atoms with Crippen LogP contribution >= 0.6 is 23.4 Å². The van der Waals surface area contributed by atoms with Gasteiger partial charge in [-0.05, 0) is 37.6 Å². The molecule has 0 bridgehead atoms. The van der Waals surface area contributed by atoms with Gasteiger partial charge < -0.3 is 5.32 Å². The van der Waals surface area contributed by atoms with E-state index in [1.54, 1.807) is 0 Å². The van der Waals surface area contributed by atoms with E-state index in [0.717, 1.165) is 28.6 Å². The molecule has 0 heterocycles. The summed E-state index contributed by atoms with van der Waals surface area (Å²) in [6.45, 7) is 5.37. The Bertz CT molecular complexity index is 571. The van der Waals surface area contributed by atoms with Crippen LogP contribution in [0, 0.1) is 6.92 Å². The van der Waals surface area contributed by atoms with E-state index in [-0.39, 0.29) is 0 Å². The van der Waals surface area contributed by atoms with Gasteiger partial charge in [0.2, 0.25) is 0 Å². The fraction of sp³-hybridized carbons (Fsp3) is 0.333. The predicted molar refractivity (Wildman–Crippen MR) is 94.4 cm³/mol. The van der Waals surface area contributed by atoms with Gasteiger partial charge in [0.05, 0.1) is 5.02 Å². The van der Waals surface area contributed by atoms with Crippen molar-refractivity contribution in [1.29, 1.82) is 0 Å². The Morgan fingerprint density at radius 3 is 2.67 bits per heavy atom. The summed E-state index contributed by atoms with van der Waals surface area (Å²) in [5.74, 6) is 0.979. The van der Waals surface area contributed by atoms with E-state index in [2.05, 4.69) is 49.5 Å². The minimum Gasteiger partial charge on any atom is -0.309 e. The summed E-state index contributed by atoms with van der Waals surface area (Å²) in [5.41, 5.74) is 2.65. The fourth-order valence-corrected chi connectivity index (χ4v) is 3.55. The molecule has 2 rings (SSSR count). The van der Waals surface area contributed by atoms with Gasteiger partial charge in [0, 0.05) is 16.7 Å². The monoisotopic (exact) mass is 319 g/mol. The highest BCUT2D eigenvalue weighted by Gasteiger charge is 2.12. The van der Waals surface area contributed by atoms with Gasteiger partial charge in [-0.2, -0.15) is 0 Å². The molecule has 1 nitrogen and oxygen atoms in total. The van der Waals surface area contributed by atoms with Gasteiger partial charge in [0.15, 0.2) is 0 Å². The quantitative estimate of drug-likeness (QED) is 0.678. The Kier molecular flexibility index (Phi) is 6.62. The lowest BCUT2D eigenvalue weighted by Gasteiger charge is -2.19. The van der Waals surface area contributed by atoms with Crippen LogP contribution in [0.1, 0.15) is 30.5 Å². The normalized spacial score (nSPS) is 12.3. The van der Waals surface area contributed by atoms with Crippen molar-refractivity contribution >= 4 is 23.4 Å². The van der Waals surface area contributed by atoms with Crippen molar-refractivity contribution in [2.45, 2.75) is 31.2 Å². The van der Waals surface area contributed by atoms with E-state index in [9.17, 15) is 0 Å². The van der Waals surface area contributed by atoms with E-state index < -0.39 is 0 Å². The van der Waals surface area contributed by atoms with Crippen LogP contribution in [0.5, 0.6) is 0 Å². The molecule has 1 atom stereocenters. The Morgan fingerprint density at radius 1 is 1.14 bits per heavy atom. The summed E-state index contributed by atoms with van der Waals surface area (Å²) in [4.78, 5) is 1.15. The molecule has 2 aromatic rings. The molecule has 0 aliphatic carbocycles. The maximum absolute atomic E-state index is 6.24. The molecule has 1 N–H and O–H groups in total. The zero-order chi connectivity index (χ0) is 15.1. The maximum atomic E-state index is 6.24. The first-order valence-corrected chi connectivity index (χ1v) is 8.74. The fourth-order valence-electron chi connectivity index (χ4n) is 2.21. The summed E-state index contributed by atoms with van der Waals surface area (Å²) in [6.07, 6.45) is 1.14. The highest BCUT2D eigenvalue weighted by molar-refractivity contribution is 7.99. The summed E-state index contributed by atoms with van der Waals surface area (Å²) in [5, 5.41) is 4.47. The van der Waals surface area contributed by atoms with E-state index in [1.807, 2.05) is 30.0 Å². The molecule has 0 aromatic heterocycles. The third kappa shape index (κ3) is 5.06. The van der Waals surface area contributed by atoms with Crippen LogP contribution in [-0.2, 0) is 0 Å². The molecule has 0 fully saturated rings. The van der Waals surface area contributed by atoms with Crippen LogP contribution in [0.2, 0.25) is 5.02 Å². The van der Waals surface area contributed by atoms with Crippen molar-refractivity contribution in [2.24, 2.45) is 0 Å². The van der Waals surface area contributed by atoms with Crippen molar-refractivity contribution in [2.75, 3.05) is 12.3 Å². The minimum absolute atomic E-state index is 0.353. The van der Waals surface area contributed by atoms with Gasteiger partial charge in [-0.15, -0.1) is 11.8 Å². The second kappa shape index (κ2) is 8.47. The molecule has 0 amide bonds. The van der Waals surface area contributed by atoms with Gasteiger partial charge >= 0.3 is 0 Å². The first-order chi connectivity index (χ1) is 10.2. The molecule has 0 saturated carbocycles. The lowest BCUT2D eigenvalue weighted by Crippen LogP contribution is -2.24. The highest BCUT2D eigenvalue weighted by Crippen LogP contribution is 2.30. The number of rotatable bonds is 7. The first kappa shape index (κ1) is 16.4. The molecule has 1 unspecified atom stereocenters. The second-order valence-corrected chi connectivity index (χ2v) is 6.63. The molecule has 0 radical (unpaired) electrons. The van der Waals surface area contributed by atoms with Crippen LogP contribution in [0.3, 0.4) is 0 Å². The first-order valence-electron chi connectivity index (χ1n) is 7.38. The van der Waals surface area contributed by atoms with Gasteiger partial charge in [-0.1, -0.05) is 60.5 Å². The number of halogens is 1. The average Bonchev–Trinajstić information content (AvgIpc) is 2.49. The largest absolute Gasteiger partial charge is 0.309 e. The summed E-state index contributed by atoms with van der Waals surface area (Å²) >= 11 is 8.05. The number of thioether (sulfide) groups is 1. The van der Waals surface area contributed by atoms with Crippen LogP contribution in [0.15, 0.2) is 53.4 Å². The van der Waals surface area contributed by atoms with E-state index >= 15 is 0 Å². The maximum Gasteiger partial charge on any atom is 0.0541 e. The molecular weight excluding hydrogens is 298 g/mol. The molecule has 0 aliphatic rings. The van der Waals surface area contributed by atoms with Gasteiger partial charge in [0.25, 0.3) is 0 Å². The van der Waals surface area contributed by atoms with Crippen LogP contribution in [0.25, 0.3) is 0 Å². The van der Waals surface area contributed by atoms with Gasteiger partial charge in [0.1, 0.15) is 0 Å². The lowest BCUT2D eigenvalue weighted by atomic mass is 10.1. The highest BCUT2D eigenvalue weighted by atomic mass is 35.5. The molecule has 112 valence electrons. The number of aryl methyl sites for hydroxylation is 1. The minimum atomic E-state index is 0.353. The SMILES string of the molecule is CCCNC(CSc1ccccc1Cl)c1cccc(C)c1. The Balaban J connectivity index is 2.08. The Labute approximate surface area is 137 Å². The molecule has 2 aromatic carbocycles. The van der Waals surface area contributed by atoms with E-state index in [0.29, 0.717) is 6.04 Å². The molecule has 0 spiro atoms. The van der Waals surface area contributed by atoms with E-state index in [4.69, 9.17) is 11.6 Å². The number of benzene rings is 2. The predicted octanol–water partition coefficient (Wildman–Crippen LogP) is 5.48. The van der Waals surface area contributed by atoms with Crippen molar-refractivity contribution < 1.29 is 0 Å². The van der Waals surface area contributed by atoms with Crippen LogP contribution < -0.4 is 5.32 Å². The third-order valence-electron chi connectivity index (χ3n) is 3.33. The zero-order valence-corrected chi connectivity index (χ0v) is 14.2. The van der Waals surface area contributed by atoms with Gasteiger partial charge in [-0.3, -0.25) is 0 Å². The third-order valence-corrected chi connectivity index (χ3v) is 4.94. The van der Waals surface area contributed by atoms with Crippen molar-refractivity contribution in [3.63, 3.8) is 0 Å². The van der Waals surface area contributed by atoms with Crippen molar-refractivity contribution in [3.8, 4) is 0 Å². The summed E-state index contributed by atoms with van der Waals surface area (Å²) < 4.78 is 0. The van der Waals surface area contributed by atoms with Crippen LogP contribution in [0.4, 0.5) is 0 Å². The smallest absolute Gasteiger partial charge is 0.0541 e. The molecule has 21 heavy (non-hydrogen) atoms. The standard InChI is InChI=1S/C18H22ClNS/c1-3-11-20-17(15-8-6-7-14(2)12-15)13-21-18-10-5-4-9-16(18)19/h4-10,12,17,20H,3,11,13H2,1-2H3. The molecule has 0 aliphatic heterocycles. The molecule has 3 heteroatoms.